The Bertz CT molecular complexity index is 643. The molecule has 0 aromatic carbocycles. The zero-order valence-corrected chi connectivity index (χ0v) is 10.1. The number of hydrogen-bond donors (Lipinski definition) is 1. The fraction of sp³-hybridized carbons (Fsp3) is 0.0909. The number of hydrogen-bond acceptors (Lipinski definition) is 3. The van der Waals surface area contributed by atoms with Gasteiger partial charge in [-0.05, 0) is 24.4 Å². The lowest BCUT2D eigenvalue weighted by Gasteiger charge is -2.00. The van der Waals surface area contributed by atoms with Crippen LogP contribution >= 0.6 is 22.9 Å². The predicted octanol–water partition coefficient (Wildman–Crippen LogP) is 3.65. The standard InChI is InChI=1S/C11H8ClN3S/c1-6-13-10(8-3-2-4-16-8)7-5-9(12)15-11(7)14-6/h2-5H,1H3,(H,13,14,15). The van der Waals surface area contributed by atoms with Crippen molar-refractivity contribution in [2.75, 3.05) is 0 Å². The number of halogens is 1. The summed E-state index contributed by atoms with van der Waals surface area (Å²) in [6, 6.07) is 5.93. The Labute approximate surface area is 101 Å². The van der Waals surface area contributed by atoms with E-state index in [0.717, 1.165) is 27.4 Å². The molecule has 0 radical (unpaired) electrons. The third-order valence-electron chi connectivity index (χ3n) is 2.32. The van der Waals surface area contributed by atoms with Crippen molar-refractivity contribution < 1.29 is 0 Å². The number of aromatic amines is 1. The van der Waals surface area contributed by atoms with Gasteiger partial charge in [0.1, 0.15) is 16.6 Å². The van der Waals surface area contributed by atoms with E-state index in [2.05, 4.69) is 15.0 Å². The number of nitrogens with one attached hydrogen (secondary N) is 1. The van der Waals surface area contributed by atoms with Gasteiger partial charge in [0.05, 0.1) is 10.6 Å². The summed E-state index contributed by atoms with van der Waals surface area (Å²) in [5.74, 6) is 0.745. The van der Waals surface area contributed by atoms with E-state index in [-0.39, 0.29) is 0 Å². The van der Waals surface area contributed by atoms with Gasteiger partial charge in [-0.2, -0.15) is 0 Å². The summed E-state index contributed by atoms with van der Waals surface area (Å²) in [6.45, 7) is 1.88. The van der Waals surface area contributed by atoms with Crippen LogP contribution in [0, 0.1) is 6.92 Å². The minimum absolute atomic E-state index is 0.590. The molecule has 0 aliphatic carbocycles. The van der Waals surface area contributed by atoms with E-state index in [0.29, 0.717) is 5.15 Å². The molecule has 0 unspecified atom stereocenters. The van der Waals surface area contributed by atoms with Gasteiger partial charge in [0.15, 0.2) is 0 Å². The summed E-state index contributed by atoms with van der Waals surface area (Å²) in [5, 5.41) is 3.60. The van der Waals surface area contributed by atoms with E-state index in [1.54, 1.807) is 11.3 Å². The van der Waals surface area contributed by atoms with Crippen LogP contribution < -0.4 is 0 Å². The predicted molar refractivity (Wildman–Crippen MR) is 66.9 cm³/mol. The summed E-state index contributed by atoms with van der Waals surface area (Å²) in [6.07, 6.45) is 0. The molecule has 3 aromatic rings. The first-order chi connectivity index (χ1) is 7.74. The van der Waals surface area contributed by atoms with Crippen molar-refractivity contribution in [3.8, 4) is 10.6 Å². The highest BCUT2D eigenvalue weighted by atomic mass is 35.5. The first kappa shape index (κ1) is 9.81. The average Bonchev–Trinajstić information content (AvgIpc) is 2.83. The molecule has 3 rings (SSSR count). The Morgan fingerprint density at radius 3 is 3.00 bits per heavy atom. The van der Waals surface area contributed by atoms with Crippen LogP contribution in [-0.2, 0) is 0 Å². The topological polar surface area (TPSA) is 41.6 Å². The minimum Gasteiger partial charge on any atom is -0.330 e. The highest BCUT2D eigenvalue weighted by Crippen LogP contribution is 2.30. The number of aromatic nitrogens is 3. The van der Waals surface area contributed by atoms with E-state index >= 15 is 0 Å². The van der Waals surface area contributed by atoms with Crippen molar-refractivity contribution in [2.24, 2.45) is 0 Å². The summed E-state index contributed by atoms with van der Waals surface area (Å²) >= 11 is 7.61. The molecule has 16 heavy (non-hydrogen) atoms. The van der Waals surface area contributed by atoms with Crippen molar-refractivity contribution in [1.82, 2.24) is 15.0 Å². The molecule has 0 saturated heterocycles. The maximum atomic E-state index is 5.95. The Balaban J connectivity index is 2.38. The second-order valence-corrected chi connectivity index (χ2v) is 4.83. The monoisotopic (exact) mass is 249 g/mol. The van der Waals surface area contributed by atoms with Gasteiger partial charge in [-0.1, -0.05) is 17.7 Å². The molecule has 0 atom stereocenters. The SMILES string of the molecule is Cc1nc(-c2cccs2)c2cc(Cl)[nH]c2n1. The third-order valence-corrected chi connectivity index (χ3v) is 3.40. The van der Waals surface area contributed by atoms with E-state index in [1.165, 1.54) is 0 Å². The van der Waals surface area contributed by atoms with E-state index < -0.39 is 0 Å². The maximum absolute atomic E-state index is 5.95. The van der Waals surface area contributed by atoms with Gasteiger partial charge in [-0.3, -0.25) is 0 Å². The minimum atomic E-state index is 0.590. The molecular formula is C11H8ClN3S. The fourth-order valence-electron chi connectivity index (χ4n) is 1.69. The van der Waals surface area contributed by atoms with Crippen LogP contribution in [0.25, 0.3) is 21.6 Å². The van der Waals surface area contributed by atoms with Crippen molar-refractivity contribution in [3.05, 3.63) is 34.6 Å². The molecule has 3 aromatic heterocycles. The Morgan fingerprint density at radius 2 is 2.25 bits per heavy atom. The quantitative estimate of drug-likeness (QED) is 0.715. The number of rotatable bonds is 1. The average molecular weight is 250 g/mol. The van der Waals surface area contributed by atoms with Crippen LogP contribution in [0.3, 0.4) is 0 Å². The first-order valence-electron chi connectivity index (χ1n) is 4.81. The van der Waals surface area contributed by atoms with Crippen LogP contribution in [0.4, 0.5) is 0 Å². The van der Waals surface area contributed by atoms with Gasteiger partial charge >= 0.3 is 0 Å². The molecule has 0 aliphatic rings. The highest BCUT2D eigenvalue weighted by molar-refractivity contribution is 7.13. The molecular weight excluding hydrogens is 242 g/mol. The smallest absolute Gasteiger partial charge is 0.142 e. The van der Waals surface area contributed by atoms with Crippen LogP contribution in [0.15, 0.2) is 23.6 Å². The van der Waals surface area contributed by atoms with Crippen LogP contribution in [0.5, 0.6) is 0 Å². The molecule has 0 spiro atoms. The molecule has 0 amide bonds. The molecule has 80 valence electrons. The zero-order valence-electron chi connectivity index (χ0n) is 8.49. The summed E-state index contributed by atoms with van der Waals surface area (Å²) in [4.78, 5) is 12.9. The van der Waals surface area contributed by atoms with Gasteiger partial charge in [-0.25, -0.2) is 9.97 Å². The largest absolute Gasteiger partial charge is 0.330 e. The van der Waals surface area contributed by atoms with Gasteiger partial charge in [-0.15, -0.1) is 11.3 Å². The lowest BCUT2D eigenvalue weighted by molar-refractivity contribution is 1.09. The van der Waals surface area contributed by atoms with Crippen LogP contribution in [0.2, 0.25) is 5.15 Å². The highest BCUT2D eigenvalue weighted by Gasteiger charge is 2.11. The Hall–Kier alpha value is -1.39. The number of thiophene rings is 1. The van der Waals surface area contributed by atoms with Crippen LogP contribution in [-0.4, -0.2) is 15.0 Å². The number of fused-ring (bicyclic) bond motifs is 1. The zero-order chi connectivity index (χ0) is 11.1. The second kappa shape index (κ2) is 3.57. The first-order valence-corrected chi connectivity index (χ1v) is 6.06. The number of aryl methyl sites for hydroxylation is 1. The van der Waals surface area contributed by atoms with Crippen molar-refractivity contribution >= 4 is 34.0 Å². The lowest BCUT2D eigenvalue weighted by atomic mass is 10.2. The van der Waals surface area contributed by atoms with Gasteiger partial charge in [0.2, 0.25) is 0 Å². The third kappa shape index (κ3) is 1.50. The summed E-state index contributed by atoms with van der Waals surface area (Å²) in [5.41, 5.74) is 1.74. The molecule has 5 heteroatoms. The van der Waals surface area contributed by atoms with Crippen molar-refractivity contribution in [2.45, 2.75) is 6.92 Å². The van der Waals surface area contributed by atoms with E-state index in [4.69, 9.17) is 11.6 Å². The van der Waals surface area contributed by atoms with Crippen LogP contribution in [0.1, 0.15) is 5.82 Å². The number of H-pyrrole nitrogens is 1. The number of nitrogens with zero attached hydrogens (tertiary/aromatic N) is 2. The molecule has 1 N–H and O–H groups in total. The lowest BCUT2D eigenvalue weighted by Crippen LogP contribution is -1.91. The van der Waals surface area contributed by atoms with E-state index in [1.807, 2.05) is 30.5 Å². The van der Waals surface area contributed by atoms with Gasteiger partial charge in [0.25, 0.3) is 0 Å². The van der Waals surface area contributed by atoms with Crippen molar-refractivity contribution in [1.29, 1.82) is 0 Å². The summed E-state index contributed by atoms with van der Waals surface area (Å²) < 4.78 is 0. The maximum Gasteiger partial charge on any atom is 0.142 e. The molecule has 0 fully saturated rings. The summed E-state index contributed by atoms with van der Waals surface area (Å²) in [7, 11) is 0. The fourth-order valence-corrected chi connectivity index (χ4v) is 2.62. The Kier molecular flexibility index (Phi) is 2.19. The van der Waals surface area contributed by atoms with Gasteiger partial charge < -0.3 is 4.98 Å². The molecule has 3 nitrogen and oxygen atoms in total. The molecule has 0 saturated carbocycles. The van der Waals surface area contributed by atoms with Gasteiger partial charge in [0, 0.05) is 5.39 Å². The van der Waals surface area contributed by atoms with E-state index in [9.17, 15) is 0 Å². The van der Waals surface area contributed by atoms with Crippen molar-refractivity contribution in [3.63, 3.8) is 0 Å². The molecule has 0 bridgehead atoms. The molecule has 0 aliphatic heterocycles. The second-order valence-electron chi connectivity index (χ2n) is 3.48. The normalized spacial score (nSPS) is 11.1. The Morgan fingerprint density at radius 1 is 1.38 bits per heavy atom. The molecule has 3 heterocycles.